The minimum Gasteiger partial charge on any atom is -0.424 e. The molecule has 0 atom stereocenters. The molecule has 4 aromatic rings. The zero-order chi connectivity index (χ0) is 26.7. The standard InChI is InChI=1S/C27H14Cl6O4/c28-17-10-12-19(24(32)22(17)30)36-26(34)21(27(35)37-20-13-11-18(29)23(31)25(20)33)16-9-5-4-8-15(16)14-6-2-1-3-7-14/h1-13,21H. The van der Waals surface area contributed by atoms with Gasteiger partial charge in [-0.2, -0.15) is 0 Å². The van der Waals surface area contributed by atoms with Crippen molar-refractivity contribution in [2.75, 3.05) is 0 Å². The van der Waals surface area contributed by atoms with E-state index in [9.17, 15) is 9.59 Å². The molecule has 37 heavy (non-hydrogen) atoms. The van der Waals surface area contributed by atoms with Crippen molar-refractivity contribution in [3.8, 4) is 22.6 Å². The fraction of sp³-hybridized carbons (Fsp3) is 0.0370. The second-order valence-electron chi connectivity index (χ2n) is 7.58. The fourth-order valence-electron chi connectivity index (χ4n) is 3.49. The van der Waals surface area contributed by atoms with Gasteiger partial charge in [0, 0.05) is 0 Å². The second-order valence-corrected chi connectivity index (χ2v) is 9.90. The van der Waals surface area contributed by atoms with Gasteiger partial charge in [-0.1, -0.05) is 124 Å². The number of hydrogen-bond donors (Lipinski definition) is 0. The van der Waals surface area contributed by atoms with E-state index in [2.05, 4.69) is 0 Å². The van der Waals surface area contributed by atoms with Crippen LogP contribution >= 0.6 is 69.6 Å². The van der Waals surface area contributed by atoms with E-state index in [0.717, 1.165) is 5.56 Å². The van der Waals surface area contributed by atoms with E-state index < -0.39 is 17.9 Å². The van der Waals surface area contributed by atoms with Crippen LogP contribution in [0, 0.1) is 0 Å². The van der Waals surface area contributed by atoms with Gasteiger partial charge in [0.2, 0.25) is 0 Å². The molecule has 0 aromatic heterocycles. The Morgan fingerprint density at radius 2 is 1.00 bits per heavy atom. The highest BCUT2D eigenvalue weighted by Gasteiger charge is 2.35. The van der Waals surface area contributed by atoms with Crippen molar-refractivity contribution in [3.63, 3.8) is 0 Å². The van der Waals surface area contributed by atoms with Crippen LogP contribution in [0.5, 0.6) is 11.5 Å². The number of halogens is 6. The molecule has 0 bridgehead atoms. The molecule has 0 amide bonds. The molecule has 0 heterocycles. The molecule has 4 nitrogen and oxygen atoms in total. The van der Waals surface area contributed by atoms with Crippen LogP contribution in [0.4, 0.5) is 0 Å². The van der Waals surface area contributed by atoms with Gasteiger partial charge in [-0.05, 0) is 41.0 Å². The molecule has 188 valence electrons. The first-order chi connectivity index (χ1) is 17.7. The van der Waals surface area contributed by atoms with Crippen LogP contribution in [0.25, 0.3) is 11.1 Å². The third kappa shape index (κ3) is 6.01. The number of carbonyl (C=O) groups excluding carboxylic acids is 2. The quantitative estimate of drug-likeness (QED) is 0.0939. The van der Waals surface area contributed by atoms with Gasteiger partial charge in [0.05, 0.1) is 20.1 Å². The van der Waals surface area contributed by atoms with E-state index in [4.69, 9.17) is 79.1 Å². The number of rotatable bonds is 6. The maximum atomic E-state index is 13.5. The lowest BCUT2D eigenvalue weighted by Gasteiger charge is -2.19. The van der Waals surface area contributed by atoms with E-state index in [1.807, 2.05) is 30.3 Å². The topological polar surface area (TPSA) is 52.6 Å². The molecular formula is C27H14Cl6O4. The highest BCUT2D eigenvalue weighted by Crippen LogP contribution is 2.40. The first-order valence-electron chi connectivity index (χ1n) is 10.5. The molecule has 0 aliphatic heterocycles. The zero-order valence-electron chi connectivity index (χ0n) is 18.5. The van der Waals surface area contributed by atoms with Crippen molar-refractivity contribution in [2.24, 2.45) is 0 Å². The molecule has 4 aromatic carbocycles. The van der Waals surface area contributed by atoms with Gasteiger partial charge in [-0.25, -0.2) is 0 Å². The molecule has 0 unspecified atom stereocenters. The van der Waals surface area contributed by atoms with Crippen LogP contribution in [0.2, 0.25) is 30.1 Å². The molecule has 0 radical (unpaired) electrons. The summed E-state index contributed by atoms with van der Waals surface area (Å²) >= 11 is 36.6. The van der Waals surface area contributed by atoms with Crippen molar-refractivity contribution < 1.29 is 19.1 Å². The number of hydrogen-bond acceptors (Lipinski definition) is 4. The third-order valence-electron chi connectivity index (χ3n) is 5.25. The van der Waals surface area contributed by atoms with Crippen LogP contribution in [0.1, 0.15) is 11.5 Å². The molecule has 0 spiro atoms. The second kappa shape index (κ2) is 12.0. The van der Waals surface area contributed by atoms with Crippen molar-refractivity contribution >= 4 is 81.5 Å². The summed E-state index contributed by atoms with van der Waals surface area (Å²) in [4.78, 5) is 27.1. The Morgan fingerprint density at radius 3 is 1.51 bits per heavy atom. The third-order valence-corrected chi connectivity index (χ3v) is 7.80. The molecule has 4 rings (SSSR count). The van der Waals surface area contributed by atoms with Crippen molar-refractivity contribution in [2.45, 2.75) is 5.92 Å². The maximum Gasteiger partial charge on any atom is 0.330 e. The Bertz CT molecular complexity index is 1420. The number of esters is 2. The predicted octanol–water partition coefficient (Wildman–Crippen LogP) is 9.57. The Morgan fingerprint density at radius 1 is 0.541 bits per heavy atom. The van der Waals surface area contributed by atoms with Crippen LogP contribution in [0.3, 0.4) is 0 Å². The highest BCUT2D eigenvalue weighted by molar-refractivity contribution is 6.49. The molecule has 0 saturated heterocycles. The molecule has 0 fully saturated rings. The van der Waals surface area contributed by atoms with Gasteiger partial charge in [-0.15, -0.1) is 0 Å². The Kier molecular flexibility index (Phi) is 8.91. The van der Waals surface area contributed by atoms with Crippen LogP contribution in [-0.2, 0) is 9.59 Å². The van der Waals surface area contributed by atoms with Crippen LogP contribution in [-0.4, -0.2) is 11.9 Å². The Hall–Kier alpha value is -2.44. The smallest absolute Gasteiger partial charge is 0.330 e. The van der Waals surface area contributed by atoms with E-state index in [0.29, 0.717) is 11.1 Å². The Balaban J connectivity index is 1.79. The molecule has 0 saturated carbocycles. The number of ether oxygens (including phenoxy) is 2. The predicted molar refractivity (Wildman–Crippen MR) is 149 cm³/mol. The average molecular weight is 615 g/mol. The van der Waals surface area contributed by atoms with E-state index in [1.165, 1.54) is 24.3 Å². The summed E-state index contributed by atoms with van der Waals surface area (Å²) in [6, 6.07) is 21.7. The van der Waals surface area contributed by atoms with Crippen molar-refractivity contribution in [3.05, 3.63) is 115 Å². The molecule has 0 aliphatic rings. The number of benzene rings is 4. The largest absolute Gasteiger partial charge is 0.424 e. The minimum atomic E-state index is -1.55. The lowest BCUT2D eigenvalue weighted by Crippen LogP contribution is -2.30. The van der Waals surface area contributed by atoms with Crippen LogP contribution in [0.15, 0.2) is 78.9 Å². The van der Waals surface area contributed by atoms with Crippen molar-refractivity contribution in [1.29, 1.82) is 0 Å². The van der Waals surface area contributed by atoms with E-state index in [1.54, 1.807) is 24.3 Å². The van der Waals surface area contributed by atoms with Gasteiger partial charge in [0.25, 0.3) is 0 Å². The molecule has 0 aliphatic carbocycles. The average Bonchev–Trinajstić information content (AvgIpc) is 2.90. The summed E-state index contributed by atoms with van der Waals surface area (Å²) in [5.41, 5.74) is 1.71. The minimum absolute atomic E-state index is 0.0000310. The zero-order valence-corrected chi connectivity index (χ0v) is 23.0. The summed E-state index contributed by atoms with van der Waals surface area (Å²) in [5, 5.41) is 0.175. The summed E-state index contributed by atoms with van der Waals surface area (Å²) in [5.74, 6) is -3.64. The van der Waals surface area contributed by atoms with Crippen LogP contribution < -0.4 is 9.47 Å². The highest BCUT2D eigenvalue weighted by atomic mass is 35.5. The molecule has 0 N–H and O–H groups in total. The number of carbonyl (C=O) groups is 2. The summed E-state index contributed by atoms with van der Waals surface area (Å²) in [6.45, 7) is 0. The summed E-state index contributed by atoms with van der Waals surface area (Å²) in [7, 11) is 0. The Labute approximate surface area is 242 Å². The molecular weight excluding hydrogens is 601 g/mol. The first kappa shape index (κ1) is 27.6. The van der Waals surface area contributed by atoms with Gasteiger partial charge >= 0.3 is 11.9 Å². The first-order valence-corrected chi connectivity index (χ1v) is 12.8. The monoisotopic (exact) mass is 612 g/mol. The SMILES string of the molecule is O=C(Oc1ccc(Cl)c(Cl)c1Cl)C(C(=O)Oc1ccc(Cl)c(Cl)c1Cl)c1ccccc1-c1ccccc1. The van der Waals surface area contributed by atoms with Crippen molar-refractivity contribution in [1.82, 2.24) is 0 Å². The van der Waals surface area contributed by atoms with Gasteiger partial charge in [0.1, 0.15) is 10.0 Å². The normalized spacial score (nSPS) is 10.9. The lowest BCUT2D eigenvalue weighted by molar-refractivity contribution is -0.147. The molecule has 10 heteroatoms. The lowest BCUT2D eigenvalue weighted by atomic mass is 9.90. The van der Waals surface area contributed by atoms with E-state index >= 15 is 0 Å². The maximum absolute atomic E-state index is 13.5. The van der Waals surface area contributed by atoms with Gasteiger partial charge < -0.3 is 9.47 Å². The fourth-order valence-corrected chi connectivity index (χ4v) is 4.62. The van der Waals surface area contributed by atoms with Gasteiger partial charge in [-0.3, -0.25) is 9.59 Å². The summed E-state index contributed by atoms with van der Waals surface area (Å²) in [6.07, 6.45) is 0. The van der Waals surface area contributed by atoms with E-state index in [-0.39, 0.29) is 41.6 Å². The van der Waals surface area contributed by atoms with Gasteiger partial charge in [0.15, 0.2) is 17.4 Å². The summed E-state index contributed by atoms with van der Waals surface area (Å²) < 4.78 is 11.1.